The molecular weight excluding hydrogens is 224 g/mol. The number of piperidine rings is 1. The monoisotopic (exact) mass is 246 g/mol. The predicted octanol–water partition coefficient (Wildman–Crippen LogP) is 0.296. The average Bonchev–Trinajstić information content (AvgIpc) is 2.28. The van der Waals surface area contributed by atoms with Crippen LogP contribution in [0.25, 0.3) is 0 Å². The minimum atomic E-state index is -0.380. The van der Waals surface area contributed by atoms with Crippen LogP contribution in [-0.2, 0) is 4.79 Å². The first-order valence-electron chi connectivity index (χ1n) is 5.77. The Kier molecular flexibility index (Phi) is 5.58. The zero-order chi connectivity index (χ0) is 12.1. The van der Waals surface area contributed by atoms with Crippen molar-refractivity contribution in [2.75, 3.05) is 25.1 Å². The maximum Gasteiger partial charge on any atom is 0.239 e. The molecule has 0 aromatic heterocycles. The molecule has 0 aromatic rings. The first-order chi connectivity index (χ1) is 7.56. The van der Waals surface area contributed by atoms with Crippen molar-refractivity contribution in [3.05, 3.63) is 0 Å². The Morgan fingerprint density at radius 1 is 1.69 bits per heavy atom. The number of aliphatic hydroxyl groups excluding tert-OH is 1. The fourth-order valence-electron chi connectivity index (χ4n) is 1.94. The molecule has 1 fully saturated rings. The molecule has 3 atom stereocenters. The molecule has 4 nitrogen and oxygen atoms in total. The Bertz CT molecular complexity index is 238. The molecule has 1 heterocycles. The van der Waals surface area contributed by atoms with Crippen molar-refractivity contribution in [3.63, 3.8) is 0 Å². The summed E-state index contributed by atoms with van der Waals surface area (Å²) in [6, 6.07) is -0.380. The molecule has 0 aromatic carbocycles. The molecule has 0 radical (unpaired) electrons. The summed E-state index contributed by atoms with van der Waals surface area (Å²) in [6.45, 7) is 3.24. The van der Waals surface area contributed by atoms with Crippen molar-refractivity contribution in [2.45, 2.75) is 31.9 Å². The second-order valence-electron chi connectivity index (χ2n) is 4.51. The molecule has 1 saturated heterocycles. The van der Waals surface area contributed by atoms with Crippen LogP contribution in [0.3, 0.4) is 0 Å². The molecule has 0 bridgehead atoms. The molecule has 0 aliphatic carbocycles. The number of carbonyl (C=O) groups is 1. The SMILES string of the molecule is CSCC[C@H](N)C(=O)N1CCC(O)C(C)C1. The van der Waals surface area contributed by atoms with Crippen LogP contribution in [0.5, 0.6) is 0 Å². The van der Waals surface area contributed by atoms with Crippen molar-refractivity contribution >= 4 is 17.7 Å². The standard InChI is InChI=1S/C11H22N2O2S/c1-8-7-13(5-3-10(8)14)11(15)9(12)4-6-16-2/h8-10,14H,3-7,12H2,1-2H3/t8?,9-,10?/m0/s1. The van der Waals surface area contributed by atoms with E-state index in [4.69, 9.17) is 5.73 Å². The fourth-order valence-corrected chi connectivity index (χ4v) is 2.43. The van der Waals surface area contributed by atoms with E-state index < -0.39 is 0 Å². The summed E-state index contributed by atoms with van der Waals surface area (Å²) in [5.74, 6) is 1.11. The van der Waals surface area contributed by atoms with Crippen molar-refractivity contribution in [3.8, 4) is 0 Å². The number of nitrogens with zero attached hydrogens (tertiary/aromatic N) is 1. The Morgan fingerprint density at radius 3 is 2.94 bits per heavy atom. The van der Waals surface area contributed by atoms with Gasteiger partial charge in [0.2, 0.25) is 5.91 Å². The third-order valence-electron chi connectivity index (χ3n) is 3.12. The zero-order valence-electron chi connectivity index (χ0n) is 10.1. The molecule has 94 valence electrons. The van der Waals surface area contributed by atoms with E-state index in [0.717, 1.165) is 12.2 Å². The molecule has 0 saturated carbocycles. The number of amides is 1. The summed E-state index contributed by atoms with van der Waals surface area (Å²) in [5, 5.41) is 9.58. The Labute approximate surface area is 102 Å². The average molecular weight is 246 g/mol. The van der Waals surface area contributed by atoms with Crippen LogP contribution in [0.2, 0.25) is 0 Å². The largest absolute Gasteiger partial charge is 0.393 e. The smallest absolute Gasteiger partial charge is 0.239 e. The minimum Gasteiger partial charge on any atom is -0.393 e. The van der Waals surface area contributed by atoms with Gasteiger partial charge in [0.05, 0.1) is 12.1 Å². The number of thioether (sulfide) groups is 1. The van der Waals surface area contributed by atoms with Crippen molar-refractivity contribution < 1.29 is 9.90 Å². The third-order valence-corrected chi connectivity index (χ3v) is 3.77. The highest BCUT2D eigenvalue weighted by atomic mass is 32.2. The van der Waals surface area contributed by atoms with Crippen molar-refractivity contribution in [1.82, 2.24) is 4.90 Å². The van der Waals surface area contributed by atoms with Gasteiger partial charge in [-0.25, -0.2) is 0 Å². The molecule has 2 unspecified atom stereocenters. The highest BCUT2D eigenvalue weighted by Crippen LogP contribution is 2.17. The third kappa shape index (κ3) is 3.64. The Morgan fingerprint density at radius 2 is 2.38 bits per heavy atom. The maximum absolute atomic E-state index is 12.0. The molecule has 1 aliphatic rings. The van der Waals surface area contributed by atoms with E-state index in [1.807, 2.05) is 13.2 Å². The highest BCUT2D eigenvalue weighted by Gasteiger charge is 2.29. The first kappa shape index (κ1) is 13.8. The van der Waals surface area contributed by atoms with E-state index in [9.17, 15) is 9.90 Å². The minimum absolute atomic E-state index is 0.0350. The number of nitrogens with two attached hydrogens (primary N) is 1. The van der Waals surface area contributed by atoms with Crippen LogP contribution in [-0.4, -0.2) is 53.2 Å². The molecule has 5 heteroatoms. The highest BCUT2D eigenvalue weighted by molar-refractivity contribution is 7.98. The molecule has 1 aliphatic heterocycles. The van der Waals surface area contributed by atoms with Gasteiger partial charge in [-0.05, 0) is 30.8 Å². The van der Waals surface area contributed by atoms with Crippen molar-refractivity contribution in [1.29, 1.82) is 0 Å². The lowest BCUT2D eigenvalue weighted by atomic mass is 9.96. The number of aliphatic hydroxyl groups is 1. The lowest BCUT2D eigenvalue weighted by molar-refractivity contribution is -0.136. The molecule has 0 spiro atoms. The zero-order valence-corrected chi connectivity index (χ0v) is 10.9. The van der Waals surface area contributed by atoms with E-state index in [1.165, 1.54) is 0 Å². The second-order valence-corrected chi connectivity index (χ2v) is 5.49. The summed E-state index contributed by atoms with van der Waals surface area (Å²) in [6.07, 6.45) is 3.14. The van der Waals surface area contributed by atoms with Gasteiger partial charge in [0.15, 0.2) is 0 Å². The second kappa shape index (κ2) is 6.47. The lowest BCUT2D eigenvalue weighted by Crippen LogP contribution is -2.50. The van der Waals surface area contributed by atoms with Gasteiger partial charge in [-0.1, -0.05) is 6.92 Å². The first-order valence-corrected chi connectivity index (χ1v) is 7.17. The molecular formula is C11H22N2O2S. The number of hydrogen-bond donors (Lipinski definition) is 2. The van der Waals surface area contributed by atoms with E-state index in [0.29, 0.717) is 19.5 Å². The number of likely N-dealkylation sites (tertiary alicyclic amines) is 1. The molecule has 1 rings (SSSR count). The van der Waals surface area contributed by atoms with E-state index in [1.54, 1.807) is 16.7 Å². The van der Waals surface area contributed by atoms with Crippen LogP contribution in [0.1, 0.15) is 19.8 Å². The van der Waals surface area contributed by atoms with E-state index in [-0.39, 0.29) is 24.0 Å². The number of carbonyl (C=O) groups excluding carboxylic acids is 1. The molecule has 3 N–H and O–H groups in total. The van der Waals surface area contributed by atoms with Gasteiger partial charge >= 0.3 is 0 Å². The van der Waals surface area contributed by atoms with Crippen LogP contribution in [0.15, 0.2) is 0 Å². The molecule has 1 amide bonds. The number of rotatable bonds is 4. The fraction of sp³-hybridized carbons (Fsp3) is 0.909. The van der Waals surface area contributed by atoms with E-state index >= 15 is 0 Å². The van der Waals surface area contributed by atoms with Crippen LogP contribution < -0.4 is 5.73 Å². The summed E-state index contributed by atoms with van der Waals surface area (Å²) in [5.41, 5.74) is 5.85. The normalized spacial score (nSPS) is 27.9. The van der Waals surface area contributed by atoms with E-state index in [2.05, 4.69) is 0 Å². The summed E-state index contributed by atoms with van der Waals surface area (Å²) >= 11 is 1.70. The van der Waals surface area contributed by atoms with Gasteiger partial charge in [-0.3, -0.25) is 4.79 Å². The summed E-state index contributed by atoms with van der Waals surface area (Å²) < 4.78 is 0. The summed E-state index contributed by atoms with van der Waals surface area (Å²) in [7, 11) is 0. The lowest BCUT2D eigenvalue weighted by Gasteiger charge is -2.35. The van der Waals surface area contributed by atoms with Crippen LogP contribution in [0, 0.1) is 5.92 Å². The van der Waals surface area contributed by atoms with Gasteiger partial charge in [0, 0.05) is 13.1 Å². The van der Waals surface area contributed by atoms with Gasteiger partial charge in [0.1, 0.15) is 0 Å². The maximum atomic E-state index is 12.0. The van der Waals surface area contributed by atoms with Gasteiger partial charge in [-0.2, -0.15) is 11.8 Å². The molecule has 16 heavy (non-hydrogen) atoms. The van der Waals surface area contributed by atoms with Gasteiger partial charge < -0.3 is 15.7 Å². The predicted molar refractivity (Wildman–Crippen MR) is 67.3 cm³/mol. The van der Waals surface area contributed by atoms with Gasteiger partial charge in [0.25, 0.3) is 0 Å². The Balaban J connectivity index is 2.42. The Hall–Kier alpha value is -0.260. The summed E-state index contributed by atoms with van der Waals surface area (Å²) in [4.78, 5) is 13.8. The topological polar surface area (TPSA) is 66.6 Å². The van der Waals surface area contributed by atoms with Crippen LogP contribution >= 0.6 is 11.8 Å². The van der Waals surface area contributed by atoms with Crippen LogP contribution in [0.4, 0.5) is 0 Å². The number of hydrogen-bond acceptors (Lipinski definition) is 4. The van der Waals surface area contributed by atoms with Gasteiger partial charge in [-0.15, -0.1) is 0 Å². The quantitative estimate of drug-likeness (QED) is 0.748. The van der Waals surface area contributed by atoms with Crippen molar-refractivity contribution in [2.24, 2.45) is 11.7 Å².